The number of sulfonamides is 1. The molecular weight excluding hydrogens is 442 g/mol. The second-order valence-electron chi connectivity index (χ2n) is 8.35. The molecule has 0 atom stereocenters. The molecule has 3 aromatic rings. The van der Waals surface area contributed by atoms with Crippen molar-refractivity contribution in [3.8, 4) is 11.5 Å². The molecule has 3 heterocycles. The van der Waals surface area contributed by atoms with Crippen molar-refractivity contribution in [2.75, 3.05) is 26.2 Å². The van der Waals surface area contributed by atoms with E-state index in [2.05, 4.69) is 5.16 Å². The summed E-state index contributed by atoms with van der Waals surface area (Å²) in [6.45, 7) is 4.55. The van der Waals surface area contributed by atoms with Crippen molar-refractivity contribution in [1.82, 2.24) is 14.4 Å². The minimum atomic E-state index is -3.76. The fraction of sp³-hybridized carbons (Fsp3) is 0.333. The van der Waals surface area contributed by atoms with E-state index in [0.29, 0.717) is 43.2 Å². The van der Waals surface area contributed by atoms with Gasteiger partial charge >= 0.3 is 0 Å². The van der Waals surface area contributed by atoms with E-state index >= 15 is 0 Å². The number of ether oxygens (including phenoxy) is 1. The highest BCUT2D eigenvalue weighted by molar-refractivity contribution is 7.89. The molecule has 2 aliphatic heterocycles. The first-order valence-electron chi connectivity index (χ1n) is 11.0. The van der Waals surface area contributed by atoms with E-state index in [1.807, 2.05) is 48.5 Å². The van der Waals surface area contributed by atoms with Crippen molar-refractivity contribution in [2.45, 2.75) is 31.1 Å². The molecule has 0 radical (unpaired) electrons. The second kappa shape index (κ2) is 8.31. The zero-order chi connectivity index (χ0) is 23.2. The van der Waals surface area contributed by atoms with Crippen LogP contribution in [0.3, 0.4) is 0 Å². The van der Waals surface area contributed by atoms with Crippen LogP contribution in [0, 0.1) is 13.8 Å². The number of hydrogen-bond acceptors (Lipinski definition) is 6. The highest BCUT2D eigenvalue weighted by Gasteiger charge is 2.37. The van der Waals surface area contributed by atoms with Crippen molar-refractivity contribution < 1.29 is 22.5 Å². The van der Waals surface area contributed by atoms with Crippen molar-refractivity contribution in [3.05, 3.63) is 71.1 Å². The van der Waals surface area contributed by atoms with Crippen LogP contribution in [-0.4, -0.2) is 54.9 Å². The van der Waals surface area contributed by atoms with Crippen LogP contribution in [0.15, 0.2) is 57.9 Å². The molecule has 0 spiro atoms. The van der Waals surface area contributed by atoms with Crippen molar-refractivity contribution in [1.29, 1.82) is 0 Å². The summed E-state index contributed by atoms with van der Waals surface area (Å²) in [5.41, 5.74) is 2.00. The lowest BCUT2D eigenvalue weighted by atomic mass is 9.87. The Bertz CT molecular complexity index is 1250. The third-order valence-corrected chi connectivity index (χ3v) is 8.40. The van der Waals surface area contributed by atoms with Gasteiger partial charge in [0.15, 0.2) is 5.76 Å². The van der Waals surface area contributed by atoms with Gasteiger partial charge in [-0.25, -0.2) is 8.42 Å². The van der Waals surface area contributed by atoms with Gasteiger partial charge in [-0.3, -0.25) is 4.79 Å². The van der Waals surface area contributed by atoms with E-state index in [4.69, 9.17) is 9.26 Å². The van der Waals surface area contributed by atoms with E-state index in [1.54, 1.807) is 18.7 Å². The molecular formula is C24H25N3O5S. The normalized spacial score (nSPS) is 17.1. The molecule has 2 aromatic carbocycles. The SMILES string of the molecule is Cc1noc(C)c1S(=O)(=O)N1CCCN(C(=O)C2c3ccccc3Oc3ccccc32)CC1. The van der Waals surface area contributed by atoms with E-state index in [0.717, 1.165) is 11.1 Å². The van der Waals surface area contributed by atoms with Gasteiger partial charge < -0.3 is 14.2 Å². The number of rotatable bonds is 3. The van der Waals surface area contributed by atoms with Gasteiger partial charge in [-0.05, 0) is 32.4 Å². The summed E-state index contributed by atoms with van der Waals surface area (Å²) in [4.78, 5) is 15.7. The molecule has 1 fully saturated rings. The molecule has 0 N–H and O–H groups in total. The first kappa shape index (κ1) is 21.7. The highest BCUT2D eigenvalue weighted by Crippen LogP contribution is 2.44. The van der Waals surface area contributed by atoms with Crippen LogP contribution in [0.5, 0.6) is 11.5 Å². The molecule has 1 saturated heterocycles. The van der Waals surface area contributed by atoms with E-state index in [-0.39, 0.29) is 23.1 Å². The molecule has 5 rings (SSSR count). The monoisotopic (exact) mass is 467 g/mol. The molecule has 0 saturated carbocycles. The summed E-state index contributed by atoms with van der Waals surface area (Å²) in [7, 11) is -3.76. The van der Waals surface area contributed by atoms with Crippen molar-refractivity contribution >= 4 is 15.9 Å². The minimum Gasteiger partial charge on any atom is -0.457 e. The topological polar surface area (TPSA) is 93.0 Å². The third kappa shape index (κ3) is 3.71. The van der Waals surface area contributed by atoms with Gasteiger partial charge in [0.25, 0.3) is 0 Å². The number of aryl methyl sites for hydroxylation is 2. The molecule has 0 bridgehead atoms. The van der Waals surface area contributed by atoms with Crippen LogP contribution in [0.2, 0.25) is 0 Å². The number of carbonyl (C=O) groups excluding carboxylic acids is 1. The lowest BCUT2D eigenvalue weighted by molar-refractivity contribution is -0.131. The summed E-state index contributed by atoms with van der Waals surface area (Å²) in [5, 5.41) is 3.79. The molecule has 0 aliphatic carbocycles. The molecule has 2 aliphatic rings. The summed E-state index contributed by atoms with van der Waals surface area (Å²) in [6, 6.07) is 15.1. The summed E-state index contributed by atoms with van der Waals surface area (Å²) in [6.07, 6.45) is 0.543. The van der Waals surface area contributed by atoms with Gasteiger partial charge in [0.05, 0.1) is 5.92 Å². The van der Waals surface area contributed by atoms with Gasteiger partial charge in [-0.2, -0.15) is 4.31 Å². The largest absolute Gasteiger partial charge is 0.457 e. The number of hydrogen-bond donors (Lipinski definition) is 0. The molecule has 9 heteroatoms. The zero-order valence-electron chi connectivity index (χ0n) is 18.5. The Morgan fingerprint density at radius 3 is 2.18 bits per heavy atom. The lowest BCUT2D eigenvalue weighted by Gasteiger charge is -2.31. The Morgan fingerprint density at radius 1 is 0.939 bits per heavy atom. The van der Waals surface area contributed by atoms with Gasteiger partial charge in [0.2, 0.25) is 15.9 Å². The van der Waals surface area contributed by atoms with E-state index in [9.17, 15) is 13.2 Å². The molecule has 0 unspecified atom stereocenters. The molecule has 1 aromatic heterocycles. The first-order chi connectivity index (χ1) is 15.9. The van der Waals surface area contributed by atoms with Crippen molar-refractivity contribution in [2.24, 2.45) is 0 Å². The molecule has 172 valence electrons. The summed E-state index contributed by atoms with van der Waals surface area (Å²) < 4.78 is 39.0. The zero-order valence-corrected chi connectivity index (χ0v) is 19.3. The van der Waals surface area contributed by atoms with E-state index < -0.39 is 15.9 Å². The van der Waals surface area contributed by atoms with Crippen LogP contribution in [0.4, 0.5) is 0 Å². The summed E-state index contributed by atoms with van der Waals surface area (Å²) >= 11 is 0. The number of nitrogens with zero attached hydrogens (tertiary/aromatic N) is 3. The Morgan fingerprint density at radius 2 is 1.58 bits per heavy atom. The van der Waals surface area contributed by atoms with Crippen LogP contribution in [0.25, 0.3) is 0 Å². The fourth-order valence-corrected chi connectivity index (χ4v) is 6.45. The molecule has 1 amide bonds. The third-order valence-electron chi connectivity index (χ3n) is 6.26. The van der Waals surface area contributed by atoms with Crippen LogP contribution < -0.4 is 4.74 Å². The Kier molecular flexibility index (Phi) is 5.46. The molecule has 33 heavy (non-hydrogen) atoms. The van der Waals surface area contributed by atoms with Gasteiger partial charge in [0, 0.05) is 37.3 Å². The fourth-order valence-electron chi connectivity index (χ4n) is 4.69. The quantitative estimate of drug-likeness (QED) is 0.586. The Labute approximate surface area is 192 Å². The van der Waals surface area contributed by atoms with Crippen LogP contribution >= 0.6 is 0 Å². The maximum absolute atomic E-state index is 13.8. The number of aromatic nitrogens is 1. The van der Waals surface area contributed by atoms with Gasteiger partial charge in [-0.1, -0.05) is 41.6 Å². The lowest BCUT2D eigenvalue weighted by Crippen LogP contribution is -2.40. The van der Waals surface area contributed by atoms with Gasteiger partial charge in [-0.15, -0.1) is 0 Å². The van der Waals surface area contributed by atoms with Crippen molar-refractivity contribution in [3.63, 3.8) is 0 Å². The smallest absolute Gasteiger partial charge is 0.248 e. The average molecular weight is 468 g/mol. The average Bonchev–Trinajstić information content (AvgIpc) is 3.00. The Hall–Kier alpha value is -3.17. The Balaban J connectivity index is 1.42. The second-order valence-corrected chi connectivity index (χ2v) is 10.2. The number of fused-ring (bicyclic) bond motifs is 2. The summed E-state index contributed by atoms with van der Waals surface area (Å²) in [5.74, 6) is 1.09. The predicted octanol–water partition coefficient (Wildman–Crippen LogP) is 3.45. The maximum Gasteiger partial charge on any atom is 0.248 e. The standard InChI is InChI=1S/C24H25N3O5S/c1-16-23(17(2)32-25-16)33(29,30)27-13-7-12-26(14-15-27)24(28)22-18-8-3-5-10-20(18)31-21-11-6-4-9-19(21)22/h3-6,8-11,22H,7,12-15H2,1-2H3. The van der Waals surface area contributed by atoms with Gasteiger partial charge in [0.1, 0.15) is 22.1 Å². The maximum atomic E-state index is 13.8. The number of benzene rings is 2. The minimum absolute atomic E-state index is 0.0465. The number of amides is 1. The highest BCUT2D eigenvalue weighted by atomic mass is 32.2. The number of para-hydroxylation sites is 2. The number of carbonyl (C=O) groups is 1. The van der Waals surface area contributed by atoms with E-state index in [1.165, 1.54) is 4.31 Å². The molecule has 8 nitrogen and oxygen atoms in total. The first-order valence-corrected chi connectivity index (χ1v) is 12.4. The van der Waals surface area contributed by atoms with Crippen LogP contribution in [0.1, 0.15) is 34.9 Å². The predicted molar refractivity (Wildman–Crippen MR) is 121 cm³/mol. The van der Waals surface area contributed by atoms with Crippen LogP contribution in [-0.2, 0) is 14.8 Å².